The van der Waals surface area contributed by atoms with Gasteiger partial charge in [0.2, 0.25) is 0 Å². The molecular weight excluding hydrogens is 126 g/mol. The van der Waals surface area contributed by atoms with Gasteiger partial charge in [0.15, 0.2) is 0 Å². The Labute approximate surface area is 61.8 Å². The van der Waals surface area contributed by atoms with Gasteiger partial charge in [-0.25, -0.2) is 0 Å². The average Bonchev–Trinajstić information content (AvgIpc) is 2.40. The van der Waals surface area contributed by atoms with Gasteiger partial charge in [0.25, 0.3) is 0 Å². The fourth-order valence-corrected chi connectivity index (χ4v) is 2.40. The first kappa shape index (κ1) is 6.62. The van der Waals surface area contributed by atoms with Crippen molar-refractivity contribution in [2.24, 2.45) is 5.92 Å². The standard InChI is InChI=1S/C8H15NO/c1-6-2-4-9-5-3-7(10)8(6)9/h6-8,10H,2-5H2,1H3/t6-,7-,8-/m0/s1. The molecule has 2 heteroatoms. The highest BCUT2D eigenvalue weighted by Crippen LogP contribution is 2.32. The first-order valence-electron chi connectivity index (χ1n) is 4.21. The zero-order valence-electron chi connectivity index (χ0n) is 6.45. The van der Waals surface area contributed by atoms with Crippen LogP contribution >= 0.6 is 0 Å². The number of aliphatic hydroxyl groups excluding tert-OH is 1. The molecule has 0 radical (unpaired) electrons. The van der Waals surface area contributed by atoms with E-state index in [0.717, 1.165) is 18.9 Å². The van der Waals surface area contributed by atoms with Crippen LogP contribution in [0.5, 0.6) is 0 Å². The first-order valence-corrected chi connectivity index (χ1v) is 4.21. The monoisotopic (exact) mass is 141 g/mol. The Morgan fingerprint density at radius 2 is 2.00 bits per heavy atom. The molecule has 0 aromatic rings. The second-order valence-electron chi connectivity index (χ2n) is 3.65. The van der Waals surface area contributed by atoms with E-state index in [0.29, 0.717) is 6.04 Å². The lowest BCUT2D eigenvalue weighted by Gasteiger charge is -2.19. The van der Waals surface area contributed by atoms with E-state index < -0.39 is 0 Å². The van der Waals surface area contributed by atoms with E-state index in [2.05, 4.69) is 11.8 Å². The highest BCUT2D eigenvalue weighted by atomic mass is 16.3. The lowest BCUT2D eigenvalue weighted by Crippen LogP contribution is -2.32. The number of rotatable bonds is 0. The topological polar surface area (TPSA) is 23.5 Å². The molecule has 58 valence electrons. The van der Waals surface area contributed by atoms with Gasteiger partial charge in [0, 0.05) is 12.6 Å². The third kappa shape index (κ3) is 0.789. The summed E-state index contributed by atoms with van der Waals surface area (Å²) in [5.41, 5.74) is 0. The Bertz CT molecular complexity index is 123. The molecule has 10 heavy (non-hydrogen) atoms. The molecule has 2 heterocycles. The fourth-order valence-electron chi connectivity index (χ4n) is 2.40. The minimum atomic E-state index is -0.0301. The minimum absolute atomic E-state index is 0.0301. The molecule has 0 saturated carbocycles. The molecule has 3 atom stereocenters. The van der Waals surface area contributed by atoms with Crippen LogP contribution in [-0.2, 0) is 0 Å². The van der Waals surface area contributed by atoms with E-state index in [1.165, 1.54) is 13.0 Å². The molecule has 2 aliphatic heterocycles. The fraction of sp³-hybridized carbons (Fsp3) is 1.00. The molecule has 2 rings (SSSR count). The van der Waals surface area contributed by atoms with Gasteiger partial charge in [-0.2, -0.15) is 0 Å². The molecule has 0 aromatic carbocycles. The summed E-state index contributed by atoms with van der Waals surface area (Å²) in [7, 11) is 0. The Balaban J connectivity index is 2.11. The third-order valence-corrected chi connectivity index (χ3v) is 2.98. The summed E-state index contributed by atoms with van der Waals surface area (Å²) in [5.74, 6) is 0.720. The molecule has 0 aliphatic carbocycles. The third-order valence-electron chi connectivity index (χ3n) is 2.98. The van der Waals surface area contributed by atoms with Crippen LogP contribution in [-0.4, -0.2) is 35.2 Å². The molecular formula is C8H15NO. The molecule has 2 fully saturated rings. The van der Waals surface area contributed by atoms with Gasteiger partial charge in [-0.3, -0.25) is 4.90 Å². The summed E-state index contributed by atoms with van der Waals surface area (Å²) in [6, 6.07) is 0.500. The minimum Gasteiger partial charge on any atom is -0.391 e. The van der Waals surface area contributed by atoms with Crippen LogP contribution in [0.2, 0.25) is 0 Å². The maximum absolute atomic E-state index is 9.53. The summed E-state index contributed by atoms with van der Waals surface area (Å²) in [6.07, 6.45) is 2.24. The van der Waals surface area contributed by atoms with Crippen molar-refractivity contribution in [1.82, 2.24) is 4.90 Å². The maximum Gasteiger partial charge on any atom is 0.0710 e. The SMILES string of the molecule is C[C@H]1CCN2CC[C@H](O)[C@H]12. The number of nitrogens with zero attached hydrogens (tertiary/aromatic N) is 1. The summed E-state index contributed by atoms with van der Waals surface area (Å²) < 4.78 is 0. The van der Waals surface area contributed by atoms with Crippen LogP contribution in [0.1, 0.15) is 19.8 Å². The van der Waals surface area contributed by atoms with Crippen LogP contribution in [0.4, 0.5) is 0 Å². The van der Waals surface area contributed by atoms with Gasteiger partial charge in [0.1, 0.15) is 0 Å². The average molecular weight is 141 g/mol. The largest absolute Gasteiger partial charge is 0.391 e. The second-order valence-corrected chi connectivity index (χ2v) is 3.65. The number of hydrogen-bond donors (Lipinski definition) is 1. The number of aliphatic hydroxyl groups is 1. The molecule has 0 amide bonds. The van der Waals surface area contributed by atoms with E-state index in [1.807, 2.05) is 0 Å². The first-order chi connectivity index (χ1) is 4.79. The Morgan fingerprint density at radius 1 is 1.30 bits per heavy atom. The number of hydrogen-bond acceptors (Lipinski definition) is 2. The van der Waals surface area contributed by atoms with E-state index in [-0.39, 0.29) is 6.10 Å². The lowest BCUT2D eigenvalue weighted by molar-refractivity contribution is 0.117. The van der Waals surface area contributed by atoms with Gasteiger partial charge in [-0.15, -0.1) is 0 Å². The molecule has 0 spiro atoms. The molecule has 2 nitrogen and oxygen atoms in total. The summed E-state index contributed by atoms with van der Waals surface area (Å²) in [6.45, 7) is 4.58. The van der Waals surface area contributed by atoms with Gasteiger partial charge in [0.05, 0.1) is 6.10 Å². The van der Waals surface area contributed by atoms with Crippen molar-refractivity contribution in [2.45, 2.75) is 31.9 Å². The zero-order valence-corrected chi connectivity index (χ0v) is 6.45. The van der Waals surface area contributed by atoms with Crippen LogP contribution in [0.3, 0.4) is 0 Å². The zero-order chi connectivity index (χ0) is 7.14. The van der Waals surface area contributed by atoms with Crippen molar-refractivity contribution in [2.75, 3.05) is 13.1 Å². The summed E-state index contributed by atoms with van der Waals surface area (Å²) in [4.78, 5) is 2.43. The van der Waals surface area contributed by atoms with Crippen molar-refractivity contribution in [3.63, 3.8) is 0 Å². The van der Waals surface area contributed by atoms with Gasteiger partial charge >= 0.3 is 0 Å². The molecule has 0 aromatic heterocycles. The molecule has 1 N–H and O–H groups in total. The predicted molar refractivity (Wildman–Crippen MR) is 39.8 cm³/mol. The Hall–Kier alpha value is -0.0800. The summed E-state index contributed by atoms with van der Waals surface area (Å²) >= 11 is 0. The van der Waals surface area contributed by atoms with Crippen molar-refractivity contribution in [3.8, 4) is 0 Å². The summed E-state index contributed by atoms with van der Waals surface area (Å²) in [5, 5.41) is 9.53. The second kappa shape index (κ2) is 2.21. The predicted octanol–water partition coefficient (Wildman–Crippen LogP) is 0.461. The van der Waals surface area contributed by atoms with Crippen molar-refractivity contribution in [3.05, 3.63) is 0 Å². The van der Waals surface area contributed by atoms with Crippen LogP contribution in [0.25, 0.3) is 0 Å². The van der Waals surface area contributed by atoms with E-state index in [9.17, 15) is 5.11 Å². The van der Waals surface area contributed by atoms with Crippen LogP contribution in [0, 0.1) is 5.92 Å². The van der Waals surface area contributed by atoms with Gasteiger partial charge < -0.3 is 5.11 Å². The number of fused-ring (bicyclic) bond motifs is 1. The molecule has 0 unspecified atom stereocenters. The quantitative estimate of drug-likeness (QED) is 0.530. The van der Waals surface area contributed by atoms with E-state index in [1.54, 1.807) is 0 Å². The van der Waals surface area contributed by atoms with Crippen LogP contribution < -0.4 is 0 Å². The normalized spacial score (nSPS) is 48.0. The van der Waals surface area contributed by atoms with Crippen molar-refractivity contribution >= 4 is 0 Å². The van der Waals surface area contributed by atoms with Crippen molar-refractivity contribution in [1.29, 1.82) is 0 Å². The van der Waals surface area contributed by atoms with Gasteiger partial charge in [-0.05, 0) is 25.3 Å². The highest BCUT2D eigenvalue weighted by molar-refractivity contribution is 4.94. The molecule has 0 bridgehead atoms. The van der Waals surface area contributed by atoms with E-state index in [4.69, 9.17) is 0 Å². The van der Waals surface area contributed by atoms with E-state index >= 15 is 0 Å². The Kier molecular flexibility index (Phi) is 1.46. The maximum atomic E-state index is 9.53. The highest BCUT2D eigenvalue weighted by Gasteiger charge is 2.40. The molecule has 2 saturated heterocycles. The lowest BCUT2D eigenvalue weighted by atomic mass is 9.99. The smallest absolute Gasteiger partial charge is 0.0710 e. The Morgan fingerprint density at radius 3 is 2.70 bits per heavy atom. The van der Waals surface area contributed by atoms with Crippen LogP contribution in [0.15, 0.2) is 0 Å². The van der Waals surface area contributed by atoms with Crippen molar-refractivity contribution < 1.29 is 5.11 Å². The van der Waals surface area contributed by atoms with Gasteiger partial charge in [-0.1, -0.05) is 6.92 Å². The molecule has 2 aliphatic rings.